The summed E-state index contributed by atoms with van der Waals surface area (Å²) in [5.74, 6) is 0.796. The molecule has 0 spiro atoms. The second kappa shape index (κ2) is 4.79. The fourth-order valence-electron chi connectivity index (χ4n) is 2.37. The molecular formula is C15H10ClN5. The third-order valence-electron chi connectivity index (χ3n) is 3.32. The number of benzene rings is 1. The van der Waals surface area contributed by atoms with Gasteiger partial charge in [-0.3, -0.25) is 4.40 Å². The van der Waals surface area contributed by atoms with Crippen LogP contribution >= 0.6 is 11.6 Å². The molecule has 5 nitrogen and oxygen atoms in total. The molecule has 0 saturated carbocycles. The Labute approximate surface area is 125 Å². The summed E-state index contributed by atoms with van der Waals surface area (Å²) in [6.07, 6.45) is 2.39. The van der Waals surface area contributed by atoms with E-state index in [2.05, 4.69) is 32.3 Å². The van der Waals surface area contributed by atoms with Crippen LogP contribution in [0.1, 0.15) is 11.4 Å². The summed E-state index contributed by atoms with van der Waals surface area (Å²) in [5, 5.41) is 8.73. The average Bonchev–Trinajstić information content (AvgIpc) is 2.93. The number of halogens is 1. The van der Waals surface area contributed by atoms with Crippen LogP contribution in [0.25, 0.3) is 16.8 Å². The maximum Gasteiger partial charge on any atom is 0.200 e. The summed E-state index contributed by atoms with van der Waals surface area (Å²) < 4.78 is 1.87. The first-order chi connectivity index (χ1) is 10.3. The van der Waals surface area contributed by atoms with Crippen molar-refractivity contribution in [1.82, 2.24) is 24.6 Å². The monoisotopic (exact) mass is 295 g/mol. The minimum absolute atomic E-state index is 0.335. The predicted molar refractivity (Wildman–Crippen MR) is 80.3 cm³/mol. The van der Waals surface area contributed by atoms with Crippen LogP contribution in [0.15, 0.2) is 48.7 Å². The van der Waals surface area contributed by atoms with Gasteiger partial charge in [0.1, 0.15) is 11.3 Å². The molecule has 3 heterocycles. The Morgan fingerprint density at radius 3 is 2.67 bits per heavy atom. The molecule has 21 heavy (non-hydrogen) atoms. The molecule has 102 valence electrons. The molecule has 6 heteroatoms. The first-order valence-electron chi connectivity index (χ1n) is 6.51. The van der Waals surface area contributed by atoms with Crippen LogP contribution in [0.4, 0.5) is 0 Å². The van der Waals surface area contributed by atoms with Gasteiger partial charge < -0.3 is 0 Å². The van der Waals surface area contributed by atoms with Gasteiger partial charge in [0, 0.05) is 12.6 Å². The molecule has 0 radical (unpaired) electrons. The number of hydrogen-bond donors (Lipinski definition) is 0. The maximum atomic E-state index is 6.19. The normalized spacial score (nSPS) is 11.3. The minimum atomic E-state index is 0.335. The van der Waals surface area contributed by atoms with Crippen LogP contribution in [-0.4, -0.2) is 24.6 Å². The molecule has 4 rings (SSSR count). The fraction of sp³-hybridized carbons (Fsp3) is 0.0667. The molecule has 0 N–H and O–H groups in total. The number of rotatable bonds is 2. The summed E-state index contributed by atoms with van der Waals surface area (Å²) in [5.41, 5.74) is 3.13. The van der Waals surface area contributed by atoms with E-state index in [9.17, 15) is 0 Å². The van der Waals surface area contributed by atoms with Crippen molar-refractivity contribution < 1.29 is 0 Å². The molecule has 0 fully saturated rings. The van der Waals surface area contributed by atoms with E-state index in [1.165, 1.54) is 0 Å². The van der Waals surface area contributed by atoms with Gasteiger partial charge in [0.25, 0.3) is 0 Å². The zero-order valence-electron chi connectivity index (χ0n) is 10.9. The smallest absolute Gasteiger partial charge is 0.200 e. The van der Waals surface area contributed by atoms with E-state index in [1.807, 2.05) is 34.7 Å². The standard InChI is InChI=1S/C15H10ClN5/c16-13-15-20-19-12(9-10-5-2-1-3-6-10)21(15)14-11(18-13)7-4-8-17-14/h1-8H,9H2. The minimum Gasteiger partial charge on any atom is -0.258 e. The molecule has 0 saturated heterocycles. The SMILES string of the molecule is Clc1nc2cccnc2n2c(Cc3ccccc3)nnc12. The first kappa shape index (κ1) is 12.2. The summed E-state index contributed by atoms with van der Waals surface area (Å²) in [7, 11) is 0. The Bertz CT molecular complexity index is 933. The van der Waals surface area contributed by atoms with E-state index in [0.717, 1.165) is 16.9 Å². The number of fused-ring (bicyclic) bond motifs is 3. The van der Waals surface area contributed by atoms with Crippen LogP contribution in [0.5, 0.6) is 0 Å². The van der Waals surface area contributed by atoms with Gasteiger partial charge in [0.15, 0.2) is 16.4 Å². The third-order valence-corrected chi connectivity index (χ3v) is 3.57. The van der Waals surface area contributed by atoms with Crippen molar-refractivity contribution in [2.24, 2.45) is 0 Å². The Morgan fingerprint density at radius 1 is 0.952 bits per heavy atom. The van der Waals surface area contributed by atoms with Gasteiger partial charge in [-0.25, -0.2) is 9.97 Å². The Morgan fingerprint density at radius 2 is 1.81 bits per heavy atom. The van der Waals surface area contributed by atoms with Gasteiger partial charge in [0.05, 0.1) is 0 Å². The summed E-state index contributed by atoms with van der Waals surface area (Å²) >= 11 is 6.19. The molecule has 0 aliphatic heterocycles. The Balaban J connectivity index is 1.98. The van der Waals surface area contributed by atoms with E-state index in [0.29, 0.717) is 22.9 Å². The lowest BCUT2D eigenvalue weighted by Gasteiger charge is -2.04. The first-order valence-corrected chi connectivity index (χ1v) is 6.89. The highest BCUT2D eigenvalue weighted by atomic mass is 35.5. The molecule has 1 aromatic carbocycles. The van der Waals surface area contributed by atoms with Crippen LogP contribution in [0.3, 0.4) is 0 Å². The molecule has 4 aromatic rings. The predicted octanol–water partition coefficient (Wildman–Crippen LogP) is 2.92. The van der Waals surface area contributed by atoms with Crippen molar-refractivity contribution in [2.75, 3.05) is 0 Å². The third kappa shape index (κ3) is 2.02. The van der Waals surface area contributed by atoms with E-state index >= 15 is 0 Å². The number of aromatic nitrogens is 5. The van der Waals surface area contributed by atoms with E-state index in [4.69, 9.17) is 11.6 Å². The lowest BCUT2D eigenvalue weighted by Crippen LogP contribution is -2.01. The van der Waals surface area contributed by atoms with E-state index in [1.54, 1.807) is 6.20 Å². The quantitative estimate of drug-likeness (QED) is 0.570. The van der Waals surface area contributed by atoms with Crippen molar-refractivity contribution in [2.45, 2.75) is 6.42 Å². The highest BCUT2D eigenvalue weighted by Gasteiger charge is 2.14. The Hall–Kier alpha value is -2.53. The van der Waals surface area contributed by atoms with Gasteiger partial charge in [-0.2, -0.15) is 0 Å². The van der Waals surface area contributed by atoms with E-state index < -0.39 is 0 Å². The van der Waals surface area contributed by atoms with Crippen LogP contribution in [0, 0.1) is 0 Å². The highest BCUT2D eigenvalue weighted by Crippen LogP contribution is 2.21. The highest BCUT2D eigenvalue weighted by molar-refractivity contribution is 6.32. The number of hydrogen-bond acceptors (Lipinski definition) is 4. The summed E-state index contributed by atoms with van der Waals surface area (Å²) in [6, 6.07) is 13.8. The largest absolute Gasteiger partial charge is 0.258 e. The maximum absolute atomic E-state index is 6.19. The number of pyridine rings is 1. The van der Waals surface area contributed by atoms with Gasteiger partial charge in [0.2, 0.25) is 0 Å². The van der Waals surface area contributed by atoms with Crippen LogP contribution in [0.2, 0.25) is 5.15 Å². The lowest BCUT2D eigenvalue weighted by molar-refractivity contribution is 0.941. The molecule has 0 bridgehead atoms. The van der Waals surface area contributed by atoms with Crippen molar-refractivity contribution in [1.29, 1.82) is 0 Å². The molecule has 0 unspecified atom stereocenters. The average molecular weight is 296 g/mol. The van der Waals surface area contributed by atoms with Gasteiger partial charge >= 0.3 is 0 Å². The van der Waals surface area contributed by atoms with Crippen LogP contribution in [-0.2, 0) is 6.42 Å². The molecule has 0 aliphatic rings. The zero-order chi connectivity index (χ0) is 14.2. The summed E-state index contributed by atoms with van der Waals surface area (Å²) in [4.78, 5) is 8.69. The van der Waals surface area contributed by atoms with Crippen molar-refractivity contribution in [3.05, 3.63) is 65.2 Å². The fourth-order valence-corrected chi connectivity index (χ4v) is 2.58. The van der Waals surface area contributed by atoms with Gasteiger partial charge in [-0.05, 0) is 17.7 Å². The van der Waals surface area contributed by atoms with Crippen LogP contribution < -0.4 is 0 Å². The second-order valence-corrected chi connectivity index (χ2v) is 5.04. The van der Waals surface area contributed by atoms with E-state index in [-0.39, 0.29) is 0 Å². The number of nitrogens with zero attached hydrogens (tertiary/aromatic N) is 5. The molecule has 0 amide bonds. The van der Waals surface area contributed by atoms with Gasteiger partial charge in [-0.15, -0.1) is 10.2 Å². The van der Waals surface area contributed by atoms with Crippen molar-refractivity contribution in [3.8, 4) is 0 Å². The molecule has 0 atom stereocenters. The summed E-state index contributed by atoms with van der Waals surface area (Å²) in [6.45, 7) is 0. The second-order valence-electron chi connectivity index (χ2n) is 4.69. The van der Waals surface area contributed by atoms with Gasteiger partial charge in [-0.1, -0.05) is 41.9 Å². The Kier molecular flexibility index (Phi) is 2.79. The van der Waals surface area contributed by atoms with Crippen molar-refractivity contribution >= 4 is 28.4 Å². The molecular weight excluding hydrogens is 286 g/mol. The molecule has 3 aromatic heterocycles. The topological polar surface area (TPSA) is 56.0 Å². The lowest BCUT2D eigenvalue weighted by atomic mass is 10.1. The zero-order valence-corrected chi connectivity index (χ0v) is 11.7. The molecule has 0 aliphatic carbocycles. The van der Waals surface area contributed by atoms with Crippen molar-refractivity contribution in [3.63, 3.8) is 0 Å².